The molecule has 210 valence electrons. The number of hydrogen-bond acceptors (Lipinski definition) is 6. The number of anilines is 1. The monoisotopic (exact) mass is 653 g/mol. The van der Waals surface area contributed by atoms with E-state index in [1.807, 2.05) is 83.3 Å². The number of fused-ring (bicyclic) bond motifs is 1. The summed E-state index contributed by atoms with van der Waals surface area (Å²) in [4.78, 5) is 31.5. The molecule has 8 heteroatoms. The first kappa shape index (κ1) is 28.5. The van der Waals surface area contributed by atoms with Gasteiger partial charge in [-0.05, 0) is 99.0 Å². The average Bonchev–Trinajstić information content (AvgIpc) is 2.99. The molecular formula is C32H36IN3O4. The number of aromatic nitrogens is 1. The fraction of sp³-hybridized carbons (Fsp3) is 0.406. The molecule has 2 aliphatic rings. The van der Waals surface area contributed by atoms with Gasteiger partial charge in [-0.1, -0.05) is 59.0 Å². The number of carboxylic acids is 1. The van der Waals surface area contributed by atoms with E-state index >= 15 is 0 Å². The number of Topliss-reactive ketones (excluding diaryl/α,β-unsaturated/α-hetero) is 1. The maximum atomic E-state index is 13.9. The fourth-order valence-corrected chi connectivity index (χ4v) is 6.65. The van der Waals surface area contributed by atoms with Crippen LogP contribution in [0.2, 0.25) is 0 Å². The van der Waals surface area contributed by atoms with Gasteiger partial charge in [-0.3, -0.25) is 9.59 Å². The van der Waals surface area contributed by atoms with Crippen LogP contribution in [-0.2, 0) is 22.4 Å². The van der Waals surface area contributed by atoms with Gasteiger partial charge in [0.2, 0.25) is 0 Å². The van der Waals surface area contributed by atoms with Crippen LogP contribution in [0.4, 0.5) is 5.82 Å². The first-order chi connectivity index (χ1) is 19.4. The number of nitrogens with one attached hydrogen (secondary N) is 2. The molecule has 1 fully saturated rings. The minimum absolute atomic E-state index is 0.124. The molecule has 0 spiro atoms. The maximum absolute atomic E-state index is 13.9. The van der Waals surface area contributed by atoms with Gasteiger partial charge in [-0.2, -0.15) is 0 Å². The van der Waals surface area contributed by atoms with Crippen LogP contribution < -0.4 is 15.4 Å². The van der Waals surface area contributed by atoms with Crippen molar-refractivity contribution in [3.63, 3.8) is 0 Å². The Morgan fingerprint density at radius 3 is 2.45 bits per heavy atom. The van der Waals surface area contributed by atoms with E-state index in [0.717, 1.165) is 68.1 Å². The number of halogens is 1. The molecule has 1 saturated heterocycles. The molecule has 5 rings (SSSR count). The first-order valence-corrected chi connectivity index (χ1v) is 15.2. The molecule has 3 heterocycles. The summed E-state index contributed by atoms with van der Waals surface area (Å²) in [6, 6.07) is 21.2. The van der Waals surface area contributed by atoms with Crippen molar-refractivity contribution in [2.75, 3.05) is 25.0 Å². The summed E-state index contributed by atoms with van der Waals surface area (Å²) in [5.74, 6) is 0.821. The lowest BCUT2D eigenvalue weighted by Crippen LogP contribution is -2.47. The Labute approximate surface area is 249 Å². The van der Waals surface area contributed by atoms with Crippen molar-refractivity contribution in [3.05, 3.63) is 83.6 Å². The van der Waals surface area contributed by atoms with Gasteiger partial charge in [0.25, 0.3) is 0 Å². The molecule has 0 saturated carbocycles. The highest BCUT2D eigenvalue weighted by Gasteiger charge is 2.50. The molecule has 3 N–H and O–H groups in total. The number of rotatable bonds is 11. The molecule has 0 amide bonds. The van der Waals surface area contributed by atoms with Gasteiger partial charge in [-0.15, -0.1) is 0 Å². The summed E-state index contributed by atoms with van der Waals surface area (Å²) in [6.45, 7) is 2.72. The number of carbonyl (C=O) groups excluding carboxylic acids is 1. The number of piperidine rings is 1. The van der Waals surface area contributed by atoms with Crippen LogP contribution in [0.5, 0.6) is 11.5 Å². The second kappa shape index (κ2) is 13.1. The number of aryl methyl sites for hydroxylation is 2. The number of ketones is 1. The number of benzene rings is 2. The van der Waals surface area contributed by atoms with Crippen LogP contribution in [0.3, 0.4) is 0 Å². The van der Waals surface area contributed by atoms with Crippen LogP contribution in [0.15, 0.2) is 66.7 Å². The summed E-state index contributed by atoms with van der Waals surface area (Å²) in [5.41, 5.74) is 2.85. The number of nitrogens with zero attached hydrogens (tertiary/aromatic N) is 1. The van der Waals surface area contributed by atoms with Crippen LogP contribution in [0, 0.1) is 5.92 Å². The van der Waals surface area contributed by atoms with E-state index in [9.17, 15) is 14.7 Å². The Morgan fingerprint density at radius 1 is 1.00 bits per heavy atom. The molecule has 2 aromatic carbocycles. The van der Waals surface area contributed by atoms with Crippen molar-refractivity contribution in [2.24, 2.45) is 5.92 Å². The highest BCUT2D eigenvalue weighted by atomic mass is 127. The second-order valence-corrected chi connectivity index (χ2v) is 12.4. The minimum atomic E-state index is -1.59. The van der Waals surface area contributed by atoms with Crippen molar-refractivity contribution in [1.29, 1.82) is 0 Å². The number of aliphatic carboxylic acids is 1. The number of pyridine rings is 1. The summed E-state index contributed by atoms with van der Waals surface area (Å²) in [5, 5.41) is 17.3. The summed E-state index contributed by atoms with van der Waals surface area (Å²) >= 11 is 1.93. The van der Waals surface area contributed by atoms with Gasteiger partial charge in [0.15, 0.2) is 9.20 Å². The zero-order valence-electron chi connectivity index (χ0n) is 22.6. The highest BCUT2D eigenvalue weighted by molar-refractivity contribution is 14.1. The molecule has 0 aliphatic carbocycles. The summed E-state index contributed by atoms with van der Waals surface area (Å²) < 4.78 is 4.38. The average molecular weight is 654 g/mol. The highest BCUT2D eigenvalue weighted by Crippen LogP contribution is 2.44. The van der Waals surface area contributed by atoms with Crippen LogP contribution >= 0.6 is 22.6 Å². The van der Waals surface area contributed by atoms with Crippen molar-refractivity contribution in [1.82, 2.24) is 10.3 Å². The van der Waals surface area contributed by atoms with E-state index in [-0.39, 0.29) is 12.2 Å². The Bertz CT molecular complexity index is 1310. The first-order valence-electron chi connectivity index (χ1n) is 14.2. The third-order valence-corrected chi connectivity index (χ3v) is 9.86. The predicted octanol–water partition coefficient (Wildman–Crippen LogP) is 6.17. The van der Waals surface area contributed by atoms with Crippen LogP contribution in [0.1, 0.15) is 54.8 Å². The smallest absolute Gasteiger partial charge is 0.327 e. The van der Waals surface area contributed by atoms with E-state index in [0.29, 0.717) is 24.5 Å². The Balaban J connectivity index is 1.38. The summed E-state index contributed by atoms with van der Waals surface area (Å²) in [7, 11) is 0. The van der Waals surface area contributed by atoms with Gasteiger partial charge in [-0.25, -0.2) is 4.98 Å². The van der Waals surface area contributed by atoms with Gasteiger partial charge in [0, 0.05) is 24.6 Å². The number of hydrogen-bond donors (Lipinski definition) is 3. The van der Waals surface area contributed by atoms with Crippen molar-refractivity contribution < 1.29 is 19.4 Å². The Hall–Kier alpha value is -2.98. The van der Waals surface area contributed by atoms with Gasteiger partial charge < -0.3 is 20.5 Å². The minimum Gasteiger partial charge on any atom is -0.480 e. The van der Waals surface area contributed by atoms with E-state index in [2.05, 4.69) is 16.7 Å². The van der Waals surface area contributed by atoms with Crippen LogP contribution in [-0.4, -0.2) is 44.9 Å². The zero-order chi connectivity index (χ0) is 28.0. The number of alkyl halides is 1. The molecule has 7 nitrogen and oxygen atoms in total. The normalized spacial score (nSPS) is 17.6. The topological polar surface area (TPSA) is 101 Å². The number of para-hydroxylation sites is 1. The maximum Gasteiger partial charge on any atom is 0.327 e. The third-order valence-electron chi connectivity index (χ3n) is 8.05. The number of carboxylic acid groups (broad SMARTS) is 1. The Kier molecular flexibility index (Phi) is 9.36. The largest absolute Gasteiger partial charge is 0.480 e. The molecule has 2 unspecified atom stereocenters. The van der Waals surface area contributed by atoms with E-state index in [1.165, 1.54) is 5.56 Å². The lowest BCUT2D eigenvalue weighted by atomic mass is 9.75. The lowest BCUT2D eigenvalue weighted by molar-refractivity contribution is -0.144. The molecule has 0 bridgehead atoms. The molecular weight excluding hydrogens is 617 g/mol. The third kappa shape index (κ3) is 6.66. The lowest BCUT2D eigenvalue weighted by Gasteiger charge is -2.35. The SMILES string of the molecule is O=C(O)C(I)(C(=O)CCc1ccc2c(n1)NCCC2)C(CC1CCNCC1)c1ccc(Oc2ccccc2)cc1. The van der Waals surface area contributed by atoms with Crippen molar-refractivity contribution in [3.8, 4) is 11.5 Å². The van der Waals surface area contributed by atoms with E-state index < -0.39 is 15.3 Å². The second-order valence-electron chi connectivity index (χ2n) is 10.7. The van der Waals surface area contributed by atoms with Crippen molar-refractivity contribution in [2.45, 2.75) is 54.3 Å². The molecule has 1 aromatic heterocycles. The summed E-state index contributed by atoms with van der Waals surface area (Å²) in [6.07, 6.45) is 5.20. The molecule has 3 aromatic rings. The fourth-order valence-electron chi connectivity index (χ4n) is 5.77. The standard InChI is InChI=1S/C32H36IN3O4/c33-32(31(38)39,29(37)15-12-25-11-8-24-5-4-18-35-30(24)36-25)28(21-22-16-19-34-20-17-22)23-9-13-27(14-10-23)40-26-6-2-1-3-7-26/h1-3,6-11,13-14,22,28,34H,4-5,12,15-21H2,(H,35,36)(H,38,39). The Morgan fingerprint density at radius 2 is 1.73 bits per heavy atom. The zero-order valence-corrected chi connectivity index (χ0v) is 24.7. The number of ether oxygens (including phenoxy) is 1. The molecule has 2 atom stereocenters. The molecule has 40 heavy (non-hydrogen) atoms. The quantitative estimate of drug-likeness (QED) is 0.129. The van der Waals surface area contributed by atoms with E-state index in [4.69, 9.17) is 9.72 Å². The van der Waals surface area contributed by atoms with Gasteiger partial charge in [0.1, 0.15) is 17.3 Å². The predicted molar refractivity (Wildman–Crippen MR) is 165 cm³/mol. The molecule has 0 radical (unpaired) electrons. The van der Waals surface area contributed by atoms with Gasteiger partial charge in [0.05, 0.1) is 0 Å². The van der Waals surface area contributed by atoms with E-state index in [1.54, 1.807) is 0 Å². The molecule has 2 aliphatic heterocycles. The number of carbonyl (C=O) groups is 2. The van der Waals surface area contributed by atoms with Crippen molar-refractivity contribution >= 4 is 40.2 Å². The van der Waals surface area contributed by atoms with Gasteiger partial charge >= 0.3 is 5.97 Å². The van der Waals surface area contributed by atoms with Crippen LogP contribution in [0.25, 0.3) is 0 Å².